The maximum absolute atomic E-state index is 12.2. The zero-order valence-corrected chi connectivity index (χ0v) is 17.3. The fourth-order valence-electron chi connectivity index (χ4n) is 3.02. The third-order valence-electron chi connectivity index (χ3n) is 4.32. The van der Waals surface area contributed by atoms with Crippen LogP contribution in [-0.2, 0) is 4.74 Å². The summed E-state index contributed by atoms with van der Waals surface area (Å²) in [7, 11) is 0. The fraction of sp³-hybridized carbons (Fsp3) is 0.500. The standard InChI is InChI=1S/C18H21Cl2N3O2S/c1-17(2,3)25-16(24)23-8-6-18(7-9-23)21-14(15(26)22-18)11-4-5-12(19)13(20)10-11/h4-5,10H,6-9H2,1-3H3,(H,22,26). The van der Waals surface area contributed by atoms with Crippen molar-refractivity contribution < 1.29 is 9.53 Å². The molecule has 0 aromatic heterocycles. The molecular weight excluding hydrogens is 393 g/mol. The smallest absolute Gasteiger partial charge is 0.410 e. The van der Waals surface area contributed by atoms with E-state index in [4.69, 9.17) is 45.1 Å². The van der Waals surface area contributed by atoms with E-state index < -0.39 is 11.3 Å². The molecule has 2 aliphatic rings. The first-order chi connectivity index (χ1) is 12.1. The van der Waals surface area contributed by atoms with Crippen molar-refractivity contribution in [2.24, 2.45) is 4.99 Å². The number of carbonyl (C=O) groups excluding carboxylic acids is 1. The number of hydrogen-bond acceptors (Lipinski definition) is 4. The third-order valence-corrected chi connectivity index (χ3v) is 5.36. The third kappa shape index (κ3) is 4.13. The number of halogens is 2. The summed E-state index contributed by atoms with van der Waals surface area (Å²) >= 11 is 17.6. The van der Waals surface area contributed by atoms with Gasteiger partial charge in [0.05, 0.1) is 10.0 Å². The summed E-state index contributed by atoms with van der Waals surface area (Å²) in [6.45, 7) is 6.70. The summed E-state index contributed by atoms with van der Waals surface area (Å²) in [5.74, 6) is 0. The Morgan fingerprint density at radius 2 is 1.92 bits per heavy atom. The topological polar surface area (TPSA) is 53.9 Å². The van der Waals surface area contributed by atoms with Gasteiger partial charge in [0.1, 0.15) is 22.0 Å². The molecule has 0 aliphatic carbocycles. The summed E-state index contributed by atoms with van der Waals surface area (Å²) in [5, 5.41) is 4.29. The van der Waals surface area contributed by atoms with E-state index in [1.165, 1.54) is 0 Å². The van der Waals surface area contributed by atoms with Crippen LogP contribution in [0.2, 0.25) is 10.0 Å². The monoisotopic (exact) mass is 413 g/mol. The van der Waals surface area contributed by atoms with E-state index in [1.807, 2.05) is 26.8 Å². The molecule has 1 N–H and O–H groups in total. The van der Waals surface area contributed by atoms with E-state index in [0.29, 0.717) is 46.7 Å². The van der Waals surface area contributed by atoms with Crippen LogP contribution in [0.25, 0.3) is 0 Å². The van der Waals surface area contributed by atoms with Gasteiger partial charge < -0.3 is 15.0 Å². The molecule has 5 nitrogen and oxygen atoms in total. The van der Waals surface area contributed by atoms with Crippen molar-refractivity contribution in [2.45, 2.75) is 44.9 Å². The molecule has 1 aromatic carbocycles. The second-order valence-corrected chi connectivity index (χ2v) is 8.77. The number of likely N-dealkylation sites (tertiary alicyclic amines) is 1. The molecule has 1 fully saturated rings. The lowest BCUT2D eigenvalue weighted by molar-refractivity contribution is 0.0165. The summed E-state index contributed by atoms with van der Waals surface area (Å²) in [4.78, 5) is 19.4. The Balaban J connectivity index is 1.73. The van der Waals surface area contributed by atoms with Gasteiger partial charge in [0, 0.05) is 31.5 Å². The number of ether oxygens (including phenoxy) is 1. The van der Waals surface area contributed by atoms with Crippen LogP contribution >= 0.6 is 35.4 Å². The maximum Gasteiger partial charge on any atom is 0.410 e. The molecule has 0 unspecified atom stereocenters. The number of piperidine rings is 1. The van der Waals surface area contributed by atoms with Crippen molar-refractivity contribution in [2.75, 3.05) is 13.1 Å². The minimum atomic E-state index is -0.501. The van der Waals surface area contributed by atoms with Crippen molar-refractivity contribution in [1.29, 1.82) is 0 Å². The van der Waals surface area contributed by atoms with Crippen molar-refractivity contribution in [3.8, 4) is 0 Å². The molecule has 26 heavy (non-hydrogen) atoms. The molecule has 1 saturated heterocycles. The fourth-order valence-corrected chi connectivity index (χ4v) is 3.68. The first kappa shape index (κ1) is 19.4. The first-order valence-electron chi connectivity index (χ1n) is 8.44. The molecule has 2 aliphatic heterocycles. The lowest BCUT2D eigenvalue weighted by Crippen LogP contribution is -2.52. The molecule has 0 radical (unpaired) electrons. The predicted molar refractivity (Wildman–Crippen MR) is 109 cm³/mol. The molecule has 1 aromatic rings. The van der Waals surface area contributed by atoms with Gasteiger partial charge in [-0.05, 0) is 32.9 Å². The van der Waals surface area contributed by atoms with Gasteiger partial charge in [-0.25, -0.2) is 4.79 Å². The molecule has 8 heteroatoms. The minimum absolute atomic E-state index is 0.290. The van der Waals surface area contributed by atoms with Gasteiger partial charge in [0.2, 0.25) is 0 Å². The van der Waals surface area contributed by atoms with Crippen LogP contribution in [0.15, 0.2) is 23.2 Å². The Morgan fingerprint density at radius 3 is 2.50 bits per heavy atom. The van der Waals surface area contributed by atoms with Crippen molar-refractivity contribution in [3.63, 3.8) is 0 Å². The zero-order valence-electron chi connectivity index (χ0n) is 14.9. The lowest BCUT2D eigenvalue weighted by Gasteiger charge is -2.38. The van der Waals surface area contributed by atoms with Crippen LogP contribution in [0.3, 0.4) is 0 Å². The average Bonchev–Trinajstić information content (AvgIpc) is 2.85. The zero-order chi connectivity index (χ0) is 19.1. The van der Waals surface area contributed by atoms with Gasteiger partial charge in [-0.2, -0.15) is 0 Å². The van der Waals surface area contributed by atoms with Gasteiger partial charge in [0.15, 0.2) is 0 Å². The van der Waals surface area contributed by atoms with Gasteiger partial charge in [-0.1, -0.05) is 41.5 Å². The average molecular weight is 414 g/mol. The number of hydrogen-bond donors (Lipinski definition) is 1. The number of nitrogens with zero attached hydrogens (tertiary/aromatic N) is 2. The second-order valence-electron chi connectivity index (χ2n) is 7.54. The number of aliphatic imine (C=N–C) groups is 1. The van der Waals surface area contributed by atoms with Gasteiger partial charge in [-0.3, -0.25) is 4.99 Å². The van der Waals surface area contributed by atoms with E-state index in [2.05, 4.69) is 5.32 Å². The molecule has 1 amide bonds. The number of carbonyl (C=O) groups is 1. The lowest BCUT2D eigenvalue weighted by atomic mass is 9.98. The molecule has 1 spiro atoms. The van der Waals surface area contributed by atoms with Gasteiger partial charge in [-0.15, -0.1) is 0 Å². The Hall–Kier alpha value is -1.37. The van der Waals surface area contributed by atoms with E-state index in [-0.39, 0.29) is 6.09 Å². The van der Waals surface area contributed by atoms with Crippen molar-refractivity contribution in [3.05, 3.63) is 33.8 Å². The Labute approximate surface area is 168 Å². The highest BCUT2D eigenvalue weighted by Crippen LogP contribution is 2.31. The molecule has 0 saturated carbocycles. The summed E-state index contributed by atoms with van der Waals surface area (Å²) in [6, 6.07) is 5.36. The van der Waals surface area contributed by atoms with Crippen LogP contribution < -0.4 is 5.32 Å². The number of rotatable bonds is 1. The highest BCUT2D eigenvalue weighted by atomic mass is 35.5. The highest BCUT2D eigenvalue weighted by Gasteiger charge is 2.42. The van der Waals surface area contributed by atoms with E-state index in [9.17, 15) is 4.79 Å². The Bertz CT molecular complexity index is 781. The molecule has 140 valence electrons. The number of benzene rings is 1. The van der Waals surface area contributed by atoms with Crippen LogP contribution in [-0.4, -0.2) is 46.0 Å². The van der Waals surface area contributed by atoms with Crippen molar-refractivity contribution >= 4 is 52.2 Å². The summed E-state index contributed by atoms with van der Waals surface area (Å²) < 4.78 is 5.44. The first-order valence-corrected chi connectivity index (χ1v) is 9.61. The predicted octanol–water partition coefficient (Wildman–Crippen LogP) is 4.44. The normalized spacial score (nSPS) is 19.3. The maximum atomic E-state index is 12.2. The largest absolute Gasteiger partial charge is 0.444 e. The van der Waals surface area contributed by atoms with Crippen LogP contribution in [0, 0.1) is 0 Å². The number of amides is 1. The highest BCUT2D eigenvalue weighted by molar-refractivity contribution is 7.82. The van der Waals surface area contributed by atoms with Crippen molar-refractivity contribution in [1.82, 2.24) is 10.2 Å². The number of thiocarbonyl (C=S) groups is 1. The molecule has 0 bridgehead atoms. The number of nitrogens with one attached hydrogen (secondary N) is 1. The summed E-state index contributed by atoms with van der Waals surface area (Å²) in [5.41, 5.74) is 0.572. The SMILES string of the molecule is CC(C)(C)OC(=O)N1CCC2(CC1)N=C(c1ccc(Cl)c(Cl)c1)C(=S)N2. The quantitative estimate of drug-likeness (QED) is 0.691. The van der Waals surface area contributed by atoms with E-state index >= 15 is 0 Å². The minimum Gasteiger partial charge on any atom is -0.444 e. The van der Waals surface area contributed by atoms with E-state index in [0.717, 1.165) is 5.56 Å². The molecule has 3 rings (SSSR count). The molecule has 2 heterocycles. The Kier molecular flexibility index (Phi) is 5.21. The Morgan fingerprint density at radius 1 is 1.27 bits per heavy atom. The van der Waals surface area contributed by atoms with Gasteiger partial charge in [0.25, 0.3) is 0 Å². The van der Waals surface area contributed by atoms with Gasteiger partial charge >= 0.3 is 6.09 Å². The van der Waals surface area contributed by atoms with Crippen LogP contribution in [0.5, 0.6) is 0 Å². The summed E-state index contributed by atoms with van der Waals surface area (Å²) in [6.07, 6.45) is 1.04. The molecule has 0 atom stereocenters. The van der Waals surface area contributed by atoms with E-state index in [1.54, 1.807) is 17.0 Å². The van der Waals surface area contributed by atoms with Crippen LogP contribution in [0.4, 0.5) is 4.79 Å². The molecular formula is C18H21Cl2N3O2S. The van der Waals surface area contributed by atoms with Crippen LogP contribution in [0.1, 0.15) is 39.2 Å². The second kappa shape index (κ2) is 6.98.